The molecular weight excluding hydrogens is 278 g/mol. The number of benzene rings is 2. The first-order valence-corrected chi connectivity index (χ1v) is 7.02. The largest absolute Gasteiger partial charge is 0.478 e. The van der Waals surface area contributed by atoms with Gasteiger partial charge in [-0.05, 0) is 47.4 Å². The molecule has 2 aromatic rings. The molecule has 0 saturated heterocycles. The fourth-order valence-electron chi connectivity index (χ4n) is 2.02. The van der Waals surface area contributed by atoms with Gasteiger partial charge in [-0.25, -0.2) is 4.79 Å². The highest BCUT2D eigenvalue weighted by molar-refractivity contribution is 6.04. The molecule has 0 atom stereocenters. The maximum absolute atomic E-state index is 12.1. The van der Waals surface area contributed by atoms with Crippen LogP contribution in [0, 0.1) is 0 Å². The van der Waals surface area contributed by atoms with Gasteiger partial charge in [-0.3, -0.25) is 4.79 Å². The van der Waals surface area contributed by atoms with Crippen molar-refractivity contribution in [1.82, 2.24) is 0 Å². The highest BCUT2D eigenvalue weighted by Crippen LogP contribution is 2.23. The van der Waals surface area contributed by atoms with Crippen LogP contribution in [-0.4, -0.2) is 17.0 Å². The lowest BCUT2D eigenvalue weighted by Crippen LogP contribution is -2.13. The smallest absolute Gasteiger partial charge is 0.335 e. The maximum atomic E-state index is 12.1. The highest BCUT2D eigenvalue weighted by atomic mass is 16.4. The summed E-state index contributed by atoms with van der Waals surface area (Å²) in [6.07, 6.45) is 0. The Morgan fingerprint density at radius 2 is 1.36 bits per heavy atom. The molecule has 0 aliphatic heterocycles. The zero-order chi connectivity index (χ0) is 16.3. The van der Waals surface area contributed by atoms with Crippen molar-refractivity contribution in [3.8, 4) is 0 Å². The number of nitrogens with one attached hydrogen (secondary N) is 1. The third-order valence-corrected chi connectivity index (χ3v) is 3.40. The molecule has 0 aromatic heterocycles. The summed E-state index contributed by atoms with van der Waals surface area (Å²) in [5.41, 5.74) is 2.54. The van der Waals surface area contributed by atoms with Gasteiger partial charge in [-0.1, -0.05) is 32.9 Å². The molecule has 4 nitrogen and oxygen atoms in total. The van der Waals surface area contributed by atoms with Gasteiger partial charge in [0.15, 0.2) is 0 Å². The van der Waals surface area contributed by atoms with Gasteiger partial charge in [0.1, 0.15) is 0 Å². The third kappa shape index (κ3) is 3.73. The molecule has 114 valence electrons. The van der Waals surface area contributed by atoms with E-state index in [2.05, 4.69) is 26.1 Å². The molecule has 1 amide bonds. The Bertz CT molecular complexity index is 680. The number of amides is 1. The van der Waals surface area contributed by atoms with E-state index in [4.69, 9.17) is 5.11 Å². The van der Waals surface area contributed by atoms with E-state index in [1.165, 1.54) is 29.8 Å². The minimum Gasteiger partial charge on any atom is -0.478 e. The second-order valence-corrected chi connectivity index (χ2v) is 6.16. The molecule has 0 saturated carbocycles. The van der Waals surface area contributed by atoms with E-state index in [-0.39, 0.29) is 16.9 Å². The van der Waals surface area contributed by atoms with Gasteiger partial charge in [0, 0.05) is 11.3 Å². The van der Waals surface area contributed by atoms with Crippen LogP contribution in [0.3, 0.4) is 0 Å². The van der Waals surface area contributed by atoms with Crippen LogP contribution in [0.1, 0.15) is 47.1 Å². The van der Waals surface area contributed by atoms with E-state index in [1.807, 2.05) is 24.3 Å². The summed E-state index contributed by atoms with van der Waals surface area (Å²) in [5, 5.41) is 11.6. The third-order valence-electron chi connectivity index (χ3n) is 3.40. The average molecular weight is 297 g/mol. The molecule has 2 aromatic carbocycles. The molecule has 4 heteroatoms. The van der Waals surface area contributed by atoms with Crippen LogP contribution in [-0.2, 0) is 5.41 Å². The SMILES string of the molecule is CC(C)(C)c1ccc(NC(=O)c2ccc(C(=O)O)cc2)cc1. The molecule has 2 N–H and O–H groups in total. The van der Waals surface area contributed by atoms with Crippen LogP contribution < -0.4 is 5.32 Å². The van der Waals surface area contributed by atoms with Crippen molar-refractivity contribution < 1.29 is 14.7 Å². The molecule has 22 heavy (non-hydrogen) atoms. The molecule has 0 spiro atoms. The molecule has 2 rings (SSSR count). The van der Waals surface area contributed by atoms with Crippen molar-refractivity contribution in [2.24, 2.45) is 0 Å². The van der Waals surface area contributed by atoms with Crippen molar-refractivity contribution in [3.63, 3.8) is 0 Å². The normalized spacial score (nSPS) is 11.0. The number of carboxylic acid groups (broad SMARTS) is 1. The Balaban J connectivity index is 2.10. The maximum Gasteiger partial charge on any atom is 0.335 e. The summed E-state index contributed by atoms with van der Waals surface area (Å²) in [5.74, 6) is -1.27. The van der Waals surface area contributed by atoms with E-state index in [9.17, 15) is 9.59 Å². The molecular formula is C18H19NO3. The fourth-order valence-corrected chi connectivity index (χ4v) is 2.02. The number of rotatable bonds is 3. The van der Waals surface area contributed by atoms with Gasteiger partial charge >= 0.3 is 5.97 Å². The van der Waals surface area contributed by atoms with Crippen LogP contribution in [0.4, 0.5) is 5.69 Å². The van der Waals surface area contributed by atoms with Gasteiger partial charge in [0.05, 0.1) is 5.56 Å². The number of carboxylic acids is 1. The Morgan fingerprint density at radius 3 is 1.82 bits per heavy atom. The second kappa shape index (κ2) is 6.02. The molecule has 0 radical (unpaired) electrons. The summed E-state index contributed by atoms with van der Waals surface area (Å²) >= 11 is 0. The van der Waals surface area contributed by atoms with Gasteiger partial charge in [0.2, 0.25) is 0 Å². The zero-order valence-electron chi connectivity index (χ0n) is 12.9. The van der Waals surface area contributed by atoms with Crippen molar-refractivity contribution in [1.29, 1.82) is 0 Å². The van der Waals surface area contributed by atoms with Crippen molar-refractivity contribution in [3.05, 3.63) is 65.2 Å². The lowest BCUT2D eigenvalue weighted by Gasteiger charge is -2.19. The lowest BCUT2D eigenvalue weighted by atomic mass is 9.87. The van der Waals surface area contributed by atoms with E-state index in [1.54, 1.807) is 0 Å². The minimum atomic E-state index is -1.01. The van der Waals surface area contributed by atoms with Crippen LogP contribution in [0.25, 0.3) is 0 Å². The molecule has 0 aliphatic rings. The first kappa shape index (κ1) is 15.8. The van der Waals surface area contributed by atoms with E-state index in [0.717, 1.165) is 0 Å². The number of hydrogen-bond donors (Lipinski definition) is 2. The Kier molecular flexibility index (Phi) is 4.31. The van der Waals surface area contributed by atoms with Gasteiger partial charge in [-0.15, -0.1) is 0 Å². The van der Waals surface area contributed by atoms with E-state index < -0.39 is 5.97 Å². The standard InChI is InChI=1S/C18H19NO3/c1-18(2,3)14-8-10-15(11-9-14)19-16(20)12-4-6-13(7-5-12)17(21)22/h4-11H,1-3H3,(H,19,20)(H,21,22). The van der Waals surface area contributed by atoms with E-state index >= 15 is 0 Å². The summed E-state index contributed by atoms with van der Waals surface area (Å²) in [7, 11) is 0. The molecule has 0 aliphatic carbocycles. The lowest BCUT2D eigenvalue weighted by molar-refractivity contribution is 0.0696. The quantitative estimate of drug-likeness (QED) is 0.902. The number of aromatic carboxylic acids is 1. The van der Waals surface area contributed by atoms with Crippen molar-refractivity contribution >= 4 is 17.6 Å². The predicted molar refractivity (Wildman–Crippen MR) is 86.5 cm³/mol. The number of carbonyl (C=O) groups excluding carboxylic acids is 1. The molecule has 0 unspecified atom stereocenters. The van der Waals surface area contributed by atoms with Gasteiger partial charge < -0.3 is 10.4 Å². The minimum absolute atomic E-state index is 0.0647. The first-order valence-electron chi connectivity index (χ1n) is 7.02. The van der Waals surface area contributed by atoms with Crippen LogP contribution in [0.5, 0.6) is 0 Å². The highest BCUT2D eigenvalue weighted by Gasteiger charge is 2.13. The second-order valence-electron chi connectivity index (χ2n) is 6.16. The number of carbonyl (C=O) groups is 2. The van der Waals surface area contributed by atoms with Crippen molar-refractivity contribution in [2.75, 3.05) is 5.32 Å². The Hall–Kier alpha value is -2.62. The Labute approximate surface area is 129 Å². The topological polar surface area (TPSA) is 66.4 Å². The number of anilines is 1. The molecule has 0 fully saturated rings. The number of hydrogen-bond acceptors (Lipinski definition) is 2. The van der Waals surface area contributed by atoms with Gasteiger partial charge in [-0.2, -0.15) is 0 Å². The van der Waals surface area contributed by atoms with Crippen LogP contribution in [0.15, 0.2) is 48.5 Å². The first-order chi connectivity index (χ1) is 10.3. The summed E-state index contributed by atoms with van der Waals surface area (Å²) in [4.78, 5) is 22.9. The van der Waals surface area contributed by atoms with E-state index in [0.29, 0.717) is 11.3 Å². The zero-order valence-corrected chi connectivity index (χ0v) is 12.9. The van der Waals surface area contributed by atoms with Crippen LogP contribution >= 0.6 is 0 Å². The predicted octanol–water partition coefficient (Wildman–Crippen LogP) is 3.93. The summed E-state index contributed by atoms with van der Waals surface area (Å²) in [6.45, 7) is 6.39. The monoisotopic (exact) mass is 297 g/mol. The fraction of sp³-hybridized carbons (Fsp3) is 0.222. The van der Waals surface area contributed by atoms with Crippen molar-refractivity contribution in [2.45, 2.75) is 26.2 Å². The average Bonchev–Trinajstić information content (AvgIpc) is 2.47. The summed E-state index contributed by atoms with van der Waals surface area (Å²) < 4.78 is 0. The van der Waals surface area contributed by atoms with Gasteiger partial charge in [0.25, 0.3) is 5.91 Å². The van der Waals surface area contributed by atoms with Crippen LogP contribution in [0.2, 0.25) is 0 Å². The molecule has 0 bridgehead atoms. The summed E-state index contributed by atoms with van der Waals surface area (Å²) in [6, 6.07) is 13.5. The Morgan fingerprint density at radius 1 is 0.864 bits per heavy atom. The molecule has 0 heterocycles.